The number of hydrogen-bond donors (Lipinski definition) is 1. The first-order valence-electron chi connectivity index (χ1n) is 5.49. The van der Waals surface area contributed by atoms with E-state index in [1.54, 1.807) is 7.11 Å². The van der Waals surface area contributed by atoms with Crippen molar-refractivity contribution in [1.82, 2.24) is 4.98 Å². The van der Waals surface area contributed by atoms with Crippen molar-refractivity contribution in [2.24, 2.45) is 5.73 Å². The van der Waals surface area contributed by atoms with Crippen LogP contribution in [0.2, 0.25) is 5.15 Å². The highest BCUT2D eigenvalue weighted by atomic mass is 35.5. The zero-order chi connectivity index (χ0) is 12.4. The maximum Gasteiger partial charge on any atom is 0.133 e. The number of hydrogen-bond acceptors (Lipinski definition) is 3. The first-order chi connectivity index (χ1) is 8.10. The SMILES string of the molecule is COc1ccc2cc(CC(C)N)c(Cl)nc2c1. The van der Waals surface area contributed by atoms with Crippen LogP contribution in [-0.2, 0) is 6.42 Å². The maximum atomic E-state index is 6.14. The van der Waals surface area contributed by atoms with E-state index in [0.717, 1.165) is 28.6 Å². The average Bonchev–Trinajstić information content (AvgIpc) is 2.29. The van der Waals surface area contributed by atoms with E-state index in [1.807, 2.05) is 31.2 Å². The maximum absolute atomic E-state index is 6.14. The Kier molecular flexibility index (Phi) is 3.50. The Balaban J connectivity index is 2.50. The van der Waals surface area contributed by atoms with E-state index in [0.29, 0.717) is 5.15 Å². The van der Waals surface area contributed by atoms with E-state index in [-0.39, 0.29) is 6.04 Å². The summed E-state index contributed by atoms with van der Waals surface area (Å²) in [6.45, 7) is 1.95. The molecule has 0 fully saturated rings. The molecule has 0 aliphatic rings. The van der Waals surface area contributed by atoms with Crippen LogP contribution >= 0.6 is 11.6 Å². The molecule has 0 saturated heterocycles. The van der Waals surface area contributed by atoms with Gasteiger partial charge in [-0.3, -0.25) is 0 Å². The average molecular weight is 251 g/mol. The minimum atomic E-state index is 0.0741. The smallest absolute Gasteiger partial charge is 0.133 e. The van der Waals surface area contributed by atoms with Crippen molar-refractivity contribution in [3.8, 4) is 5.75 Å². The molecular weight excluding hydrogens is 236 g/mol. The first-order valence-corrected chi connectivity index (χ1v) is 5.86. The molecule has 17 heavy (non-hydrogen) atoms. The van der Waals surface area contributed by atoms with E-state index in [9.17, 15) is 0 Å². The number of nitrogens with two attached hydrogens (primary N) is 1. The Morgan fingerprint density at radius 3 is 2.82 bits per heavy atom. The molecule has 0 spiro atoms. The van der Waals surface area contributed by atoms with Crippen LogP contribution in [0.4, 0.5) is 0 Å². The number of rotatable bonds is 3. The fourth-order valence-electron chi connectivity index (χ4n) is 1.78. The van der Waals surface area contributed by atoms with Gasteiger partial charge in [0.05, 0.1) is 12.6 Å². The monoisotopic (exact) mass is 250 g/mol. The zero-order valence-electron chi connectivity index (χ0n) is 9.90. The van der Waals surface area contributed by atoms with Gasteiger partial charge >= 0.3 is 0 Å². The van der Waals surface area contributed by atoms with Crippen molar-refractivity contribution >= 4 is 22.5 Å². The molecule has 0 amide bonds. The molecule has 90 valence electrons. The fraction of sp³-hybridized carbons (Fsp3) is 0.308. The van der Waals surface area contributed by atoms with Crippen LogP contribution in [0.1, 0.15) is 12.5 Å². The zero-order valence-corrected chi connectivity index (χ0v) is 10.7. The summed E-state index contributed by atoms with van der Waals surface area (Å²) in [4.78, 5) is 4.37. The first kappa shape index (κ1) is 12.1. The molecule has 0 aliphatic carbocycles. The number of ether oxygens (including phenoxy) is 1. The summed E-state index contributed by atoms with van der Waals surface area (Å²) < 4.78 is 5.15. The molecule has 3 nitrogen and oxygen atoms in total. The number of nitrogens with zero attached hydrogens (tertiary/aromatic N) is 1. The van der Waals surface area contributed by atoms with Crippen molar-refractivity contribution < 1.29 is 4.74 Å². The second-order valence-electron chi connectivity index (χ2n) is 4.18. The second kappa shape index (κ2) is 4.90. The lowest BCUT2D eigenvalue weighted by molar-refractivity contribution is 0.415. The van der Waals surface area contributed by atoms with Crippen molar-refractivity contribution in [2.45, 2.75) is 19.4 Å². The molecule has 0 bridgehead atoms. The van der Waals surface area contributed by atoms with Crippen LogP contribution in [0.15, 0.2) is 24.3 Å². The summed E-state index contributed by atoms with van der Waals surface area (Å²) in [5, 5.41) is 1.56. The van der Waals surface area contributed by atoms with E-state index < -0.39 is 0 Å². The van der Waals surface area contributed by atoms with Crippen molar-refractivity contribution in [2.75, 3.05) is 7.11 Å². The molecule has 1 aromatic carbocycles. The molecule has 1 aromatic heterocycles. The minimum absolute atomic E-state index is 0.0741. The standard InChI is InChI=1S/C13H15ClN2O/c1-8(15)5-10-6-9-3-4-11(17-2)7-12(9)16-13(10)14/h3-4,6-8H,5,15H2,1-2H3. The van der Waals surface area contributed by atoms with Crippen molar-refractivity contribution in [3.63, 3.8) is 0 Å². The lowest BCUT2D eigenvalue weighted by Crippen LogP contribution is -2.18. The number of benzene rings is 1. The van der Waals surface area contributed by atoms with E-state index in [2.05, 4.69) is 4.98 Å². The highest BCUT2D eigenvalue weighted by Gasteiger charge is 2.07. The van der Waals surface area contributed by atoms with E-state index in [4.69, 9.17) is 22.1 Å². The van der Waals surface area contributed by atoms with Gasteiger partial charge in [-0.2, -0.15) is 0 Å². The van der Waals surface area contributed by atoms with E-state index >= 15 is 0 Å². The van der Waals surface area contributed by atoms with Crippen molar-refractivity contribution in [1.29, 1.82) is 0 Å². The number of halogens is 1. The van der Waals surface area contributed by atoms with Crippen LogP contribution in [-0.4, -0.2) is 18.1 Å². The largest absolute Gasteiger partial charge is 0.497 e. The molecule has 2 aromatic rings. The summed E-state index contributed by atoms with van der Waals surface area (Å²) in [5.74, 6) is 0.779. The molecule has 2 N–H and O–H groups in total. The third-order valence-corrected chi connectivity index (χ3v) is 2.92. The second-order valence-corrected chi connectivity index (χ2v) is 4.54. The Bertz CT molecular complexity index is 540. The summed E-state index contributed by atoms with van der Waals surface area (Å²) in [6.07, 6.45) is 0.730. The van der Waals surface area contributed by atoms with Gasteiger partial charge in [-0.25, -0.2) is 4.98 Å². The lowest BCUT2D eigenvalue weighted by atomic mass is 10.1. The van der Waals surface area contributed by atoms with Crippen LogP contribution in [0.3, 0.4) is 0 Å². The minimum Gasteiger partial charge on any atom is -0.497 e. The topological polar surface area (TPSA) is 48.1 Å². The molecule has 1 unspecified atom stereocenters. The lowest BCUT2D eigenvalue weighted by Gasteiger charge is -2.09. The summed E-state index contributed by atoms with van der Waals surface area (Å²) in [6, 6.07) is 7.87. The van der Waals surface area contributed by atoms with Crippen LogP contribution in [0.5, 0.6) is 5.75 Å². The van der Waals surface area contributed by atoms with Gasteiger partial charge in [0.25, 0.3) is 0 Å². The molecule has 1 heterocycles. The molecular formula is C13H15ClN2O. The third-order valence-electron chi connectivity index (χ3n) is 2.59. The molecule has 0 aliphatic heterocycles. The number of fused-ring (bicyclic) bond motifs is 1. The van der Waals surface area contributed by atoms with Crippen molar-refractivity contribution in [3.05, 3.63) is 35.0 Å². The summed E-state index contributed by atoms with van der Waals surface area (Å²) in [5.41, 5.74) is 7.60. The molecule has 0 radical (unpaired) electrons. The Morgan fingerprint density at radius 1 is 1.41 bits per heavy atom. The Labute approximate surface area is 106 Å². The molecule has 4 heteroatoms. The number of methoxy groups -OCH3 is 1. The molecule has 2 rings (SSSR count). The highest BCUT2D eigenvalue weighted by Crippen LogP contribution is 2.24. The predicted octanol–water partition coefficient (Wildman–Crippen LogP) is 2.79. The van der Waals surface area contributed by atoms with Crippen LogP contribution in [0, 0.1) is 0 Å². The van der Waals surface area contributed by atoms with Gasteiger partial charge in [-0.15, -0.1) is 0 Å². The van der Waals surface area contributed by atoms with Gasteiger partial charge in [-0.05, 0) is 37.1 Å². The van der Waals surface area contributed by atoms with Gasteiger partial charge in [-0.1, -0.05) is 11.6 Å². The summed E-state index contributed by atoms with van der Waals surface area (Å²) in [7, 11) is 1.63. The Morgan fingerprint density at radius 2 is 2.18 bits per heavy atom. The highest BCUT2D eigenvalue weighted by molar-refractivity contribution is 6.30. The van der Waals surface area contributed by atoms with Crippen LogP contribution in [0.25, 0.3) is 10.9 Å². The normalized spacial score (nSPS) is 12.7. The predicted molar refractivity (Wildman–Crippen MR) is 70.7 cm³/mol. The number of aromatic nitrogens is 1. The number of pyridine rings is 1. The fourth-order valence-corrected chi connectivity index (χ4v) is 2.01. The molecule has 1 atom stereocenters. The third kappa shape index (κ3) is 2.68. The van der Waals surface area contributed by atoms with Gasteiger partial charge in [0, 0.05) is 17.5 Å². The van der Waals surface area contributed by atoms with Gasteiger partial charge in [0.1, 0.15) is 10.9 Å². The summed E-state index contributed by atoms with van der Waals surface area (Å²) >= 11 is 6.14. The van der Waals surface area contributed by atoms with Crippen LogP contribution < -0.4 is 10.5 Å². The van der Waals surface area contributed by atoms with Gasteiger partial charge in [0.2, 0.25) is 0 Å². The molecule has 0 saturated carbocycles. The van der Waals surface area contributed by atoms with Gasteiger partial charge < -0.3 is 10.5 Å². The van der Waals surface area contributed by atoms with Gasteiger partial charge in [0.15, 0.2) is 0 Å². The quantitative estimate of drug-likeness (QED) is 0.853. The van der Waals surface area contributed by atoms with E-state index in [1.165, 1.54) is 0 Å². The Hall–Kier alpha value is -1.32.